The smallest absolute Gasteiger partial charge is 0.268 e. The van der Waals surface area contributed by atoms with E-state index < -0.39 is 26.6 Å². The van der Waals surface area contributed by atoms with Gasteiger partial charge in [-0.05, 0) is 70.6 Å². The average Bonchev–Trinajstić information content (AvgIpc) is 3.20. The molecule has 0 bridgehead atoms. The molecule has 0 aromatic carbocycles. The molecule has 8 nitrogen and oxygen atoms in total. The number of quaternary nitrogens is 1. The van der Waals surface area contributed by atoms with Gasteiger partial charge in [-0.25, -0.2) is 0 Å². The van der Waals surface area contributed by atoms with Crippen molar-refractivity contribution in [2.24, 2.45) is 0 Å². The molecule has 0 fully saturated rings. The number of carbonyl (C=O) groups excluding carboxylic acids is 1. The number of likely N-dealkylation sites (N-methyl/N-ethyl adjacent to an activating group) is 1. The topological polar surface area (TPSA) is 108 Å². The zero-order valence-electron chi connectivity index (χ0n) is 39.9. The monoisotopic (exact) mass is 865 g/mol. The Hall–Kier alpha value is -1.54. The van der Waals surface area contributed by atoms with Crippen molar-refractivity contribution in [2.45, 2.75) is 231 Å². The normalized spacial score (nSPS) is 14.6. The highest BCUT2D eigenvalue weighted by Crippen LogP contribution is 2.38. The molecule has 3 atom stereocenters. The van der Waals surface area contributed by atoms with Gasteiger partial charge in [0.05, 0.1) is 39.9 Å². The van der Waals surface area contributed by atoms with Crippen molar-refractivity contribution in [1.82, 2.24) is 5.32 Å². The second kappa shape index (κ2) is 42.7. The third-order valence-electron chi connectivity index (χ3n) is 11.0. The van der Waals surface area contributed by atoms with Gasteiger partial charge in [0.1, 0.15) is 13.2 Å². The van der Waals surface area contributed by atoms with Crippen molar-refractivity contribution in [3.05, 3.63) is 48.6 Å². The number of amides is 1. The molecule has 0 spiro atoms. The number of aliphatic hydroxyl groups is 1. The van der Waals surface area contributed by atoms with Gasteiger partial charge in [-0.15, -0.1) is 0 Å². The van der Waals surface area contributed by atoms with Gasteiger partial charge < -0.3 is 28.8 Å². The minimum absolute atomic E-state index is 0.0115. The van der Waals surface area contributed by atoms with Crippen molar-refractivity contribution in [3.8, 4) is 0 Å². The molecule has 60 heavy (non-hydrogen) atoms. The summed E-state index contributed by atoms with van der Waals surface area (Å²) in [5.41, 5.74) is 0. The molecule has 0 radical (unpaired) electrons. The summed E-state index contributed by atoms with van der Waals surface area (Å²) in [6.45, 7) is 4.59. The van der Waals surface area contributed by atoms with Crippen molar-refractivity contribution in [2.75, 3.05) is 40.9 Å². The van der Waals surface area contributed by atoms with Gasteiger partial charge in [-0.2, -0.15) is 0 Å². The largest absolute Gasteiger partial charge is 0.756 e. The van der Waals surface area contributed by atoms with E-state index in [1.165, 1.54) is 135 Å². The van der Waals surface area contributed by atoms with E-state index in [2.05, 4.69) is 55.6 Å². The molecule has 2 N–H and O–H groups in total. The maximum atomic E-state index is 12.8. The lowest BCUT2D eigenvalue weighted by atomic mass is 10.0. The summed E-state index contributed by atoms with van der Waals surface area (Å²) >= 11 is 0. The molecule has 352 valence electrons. The van der Waals surface area contributed by atoms with Gasteiger partial charge >= 0.3 is 0 Å². The van der Waals surface area contributed by atoms with E-state index in [-0.39, 0.29) is 12.5 Å². The van der Waals surface area contributed by atoms with Crippen LogP contribution in [0.15, 0.2) is 48.6 Å². The van der Waals surface area contributed by atoms with Crippen molar-refractivity contribution in [1.29, 1.82) is 0 Å². The number of phosphoric ester groups is 1. The van der Waals surface area contributed by atoms with E-state index in [0.717, 1.165) is 64.2 Å². The third-order valence-corrected chi connectivity index (χ3v) is 12.0. The third kappa shape index (κ3) is 44.5. The molecule has 3 unspecified atom stereocenters. The van der Waals surface area contributed by atoms with Crippen molar-refractivity contribution in [3.63, 3.8) is 0 Å². The summed E-state index contributed by atoms with van der Waals surface area (Å²) in [6, 6.07) is -0.913. The molecular formula is C51H97N2O6P. The zero-order valence-corrected chi connectivity index (χ0v) is 40.8. The predicted molar refractivity (Wildman–Crippen MR) is 256 cm³/mol. The van der Waals surface area contributed by atoms with Crippen molar-refractivity contribution >= 4 is 13.7 Å². The maximum Gasteiger partial charge on any atom is 0.268 e. The van der Waals surface area contributed by atoms with Crippen LogP contribution in [0.5, 0.6) is 0 Å². The van der Waals surface area contributed by atoms with Crippen LogP contribution in [0, 0.1) is 0 Å². The number of unbranched alkanes of at least 4 members (excludes halogenated alkanes) is 26. The number of nitrogens with zero attached hydrogens (tertiary/aromatic N) is 1. The van der Waals surface area contributed by atoms with Crippen LogP contribution in [0.25, 0.3) is 0 Å². The fourth-order valence-electron chi connectivity index (χ4n) is 7.00. The summed E-state index contributed by atoms with van der Waals surface area (Å²) in [7, 11) is 1.23. The number of nitrogens with one attached hydrogen (secondary N) is 1. The number of phosphoric acid groups is 1. The van der Waals surface area contributed by atoms with E-state index >= 15 is 0 Å². The van der Waals surface area contributed by atoms with Crippen LogP contribution < -0.4 is 10.2 Å². The lowest BCUT2D eigenvalue weighted by Gasteiger charge is -2.29. The molecule has 0 saturated carbocycles. The molecule has 0 aliphatic carbocycles. The molecular weight excluding hydrogens is 768 g/mol. The van der Waals surface area contributed by atoms with Crippen LogP contribution >= 0.6 is 7.82 Å². The van der Waals surface area contributed by atoms with Crippen LogP contribution in [0.3, 0.4) is 0 Å². The van der Waals surface area contributed by atoms with Crippen LogP contribution in [-0.4, -0.2) is 68.5 Å². The fraction of sp³-hybridized carbons (Fsp3) is 0.824. The van der Waals surface area contributed by atoms with E-state index in [4.69, 9.17) is 9.05 Å². The second-order valence-corrected chi connectivity index (χ2v) is 19.6. The van der Waals surface area contributed by atoms with Gasteiger partial charge in [0, 0.05) is 6.42 Å². The molecule has 0 saturated heterocycles. The van der Waals surface area contributed by atoms with Gasteiger partial charge in [0.2, 0.25) is 5.91 Å². The molecule has 0 aromatic rings. The van der Waals surface area contributed by atoms with Gasteiger partial charge in [-0.1, -0.05) is 191 Å². The number of hydrogen-bond donors (Lipinski definition) is 2. The first-order valence-corrected chi connectivity index (χ1v) is 26.5. The molecule has 0 aliphatic heterocycles. The fourth-order valence-corrected chi connectivity index (χ4v) is 7.73. The maximum absolute atomic E-state index is 12.8. The Balaban J connectivity index is 4.32. The molecule has 0 aromatic heterocycles. The SMILES string of the molecule is CCCCC/C=C\CCCCCCCC(=O)NC(COP(=O)([O-])OCC[N+](C)(C)C)C(O)/C=C/CC/C=C/CC/C=C/CCCCCCCCCCCCCCCCCC. The minimum Gasteiger partial charge on any atom is -0.756 e. The summed E-state index contributed by atoms with van der Waals surface area (Å²) in [5.74, 6) is -0.222. The van der Waals surface area contributed by atoms with E-state index in [9.17, 15) is 19.4 Å². The predicted octanol–water partition coefficient (Wildman–Crippen LogP) is 13.8. The molecule has 1 amide bonds. The first-order chi connectivity index (χ1) is 29.0. The Morgan fingerprint density at radius 1 is 0.567 bits per heavy atom. The number of hydrogen-bond acceptors (Lipinski definition) is 6. The highest BCUT2D eigenvalue weighted by Gasteiger charge is 2.23. The molecule has 0 heterocycles. The van der Waals surface area contributed by atoms with E-state index in [1.54, 1.807) is 6.08 Å². The van der Waals surface area contributed by atoms with Crippen LogP contribution in [0.2, 0.25) is 0 Å². The lowest BCUT2D eigenvalue weighted by molar-refractivity contribution is -0.870. The second-order valence-electron chi connectivity index (χ2n) is 18.1. The van der Waals surface area contributed by atoms with E-state index in [0.29, 0.717) is 17.4 Å². The van der Waals surface area contributed by atoms with Gasteiger partial charge in [0.25, 0.3) is 7.82 Å². The molecule has 0 rings (SSSR count). The summed E-state index contributed by atoms with van der Waals surface area (Å²) in [6.07, 6.45) is 54.7. The van der Waals surface area contributed by atoms with Crippen molar-refractivity contribution < 1.29 is 32.9 Å². The molecule has 9 heteroatoms. The first-order valence-electron chi connectivity index (χ1n) is 25.0. The highest BCUT2D eigenvalue weighted by atomic mass is 31.2. The standard InChI is InChI=1S/C51H97N2O6P/c1-6-8-10-12-14-16-18-20-21-22-23-24-25-26-27-28-29-30-31-32-33-34-36-38-40-42-44-50(54)49(48-59-60(56,57)58-47-46-53(3,4)5)52-51(55)45-43-41-39-37-35-19-17-15-13-11-9-7-2/h15,17,30-31,34,36,42,44,49-50,54H,6-14,16,18-29,32-33,35,37-41,43,45-48H2,1-5H3,(H-,52,55,56,57)/b17-15-,31-30+,36-34+,44-42+. The Bertz CT molecular complexity index is 1120. The lowest BCUT2D eigenvalue weighted by Crippen LogP contribution is -2.45. The summed E-state index contributed by atoms with van der Waals surface area (Å²) in [5, 5.41) is 13.8. The minimum atomic E-state index is -4.60. The first kappa shape index (κ1) is 58.5. The van der Waals surface area contributed by atoms with Gasteiger partial charge in [0.15, 0.2) is 0 Å². The Morgan fingerprint density at radius 3 is 1.38 bits per heavy atom. The Morgan fingerprint density at radius 2 is 0.933 bits per heavy atom. The average molecular weight is 865 g/mol. The van der Waals surface area contributed by atoms with E-state index in [1.807, 2.05) is 27.2 Å². The number of allylic oxidation sites excluding steroid dienone is 7. The van der Waals surface area contributed by atoms with Crippen LogP contribution in [0.1, 0.15) is 219 Å². The highest BCUT2D eigenvalue weighted by molar-refractivity contribution is 7.45. The summed E-state index contributed by atoms with van der Waals surface area (Å²) in [4.78, 5) is 25.3. The number of carbonyl (C=O) groups is 1. The Labute approximate surface area is 371 Å². The van der Waals surface area contributed by atoms with Crippen LogP contribution in [0.4, 0.5) is 0 Å². The Kier molecular flexibility index (Phi) is 41.6. The number of aliphatic hydroxyl groups excluding tert-OH is 1. The zero-order chi connectivity index (χ0) is 44.3. The molecule has 0 aliphatic rings. The number of rotatable bonds is 45. The summed E-state index contributed by atoms with van der Waals surface area (Å²) < 4.78 is 23.2. The van der Waals surface area contributed by atoms with Gasteiger partial charge in [-0.3, -0.25) is 9.36 Å². The quantitative estimate of drug-likeness (QED) is 0.0273. The van der Waals surface area contributed by atoms with Crippen LogP contribution in [-0.2, 0) is 18.4 Å².